The van der Waals surface area contributed by atoms with Gasteiger partial charge in [-0.3, -0.25) is 14.8 Å². The number of sulfone groups is 1. The van der Waals surface area contributed by atoms with Crippen LogP contribution in [0.5, 0.6) is 0 Å². The summed E-state index contributed by atoms with van der Waals surface area (Å²) in [5.41, 5.74) is 0.924. The molecule has 0 spiro atoms. The highest BCUT2D eigenvalue weighted by Gasteiger charge is 2.40. The predicted molar refractivity (Wildman–Crippen MR) is 98.1 cm³/mol. The maximum Gasteiger partial charge on any atom is 0.330 e. The fraction of sp³-hybridized carbons (Fsp3) is 0.158. The maximum atomic E-state index is 13.1. The second kappa shape index (κ2) is 6.42. The van der Waals surface area contributed by atoms with Gasteiger partial charge in [-0.05, 0) is 17.7 Å². The van der Waals surface area contributed by atoms with Gasteiger partial charge in [0.2, 0.25) is 9.84 Å². The summed E-state index contributed by atoms with van der Waals surface area (Å²) in [5.74, 6) is 0.239. The van der Waals surface area contributed by atoms with Crippen molar-refractivity contribution in [3.05, 3.63) is 77.3 Å². The molecule has 2 aromatic rings. The lowest BCUT2D eigenvalue weighted by molar-refractivity contribution is 0.191. The minimum atomic E-state index is -3.77. The first-order valence-electron chi connectivity index (χ1n) is 8.26. The fourth-order valence-electron chi connectivity index (χ4n) is 3.06. The average molecular weight is 367 g/mol. The van der Waals surface area contributed by atoms with E-state index in [0.29, 0.717) is 19.6 Å². The molecule has 0 unspecified atom stereocenters. The molecule has 6 nitrogen and oxygen atoms in total. The van der Waals surface area contributed by atoms with E-state index in [1.165, 1.54) is 16.0 Å². The Morgan fingerprint density at radius 2 is 1.62 bits per heavy atom. The quantitative estimate of drug-likeness (QED) is 0.834. The molecule has 4 rings (SSSR count). The topological polar surface area (TPSA) is 70.0 Å². The molecule has 2 aliphatic rings. The first kappa shape index (κ1) is 16.5. The van der Waals surface area contributed by atoms with E-state index in [2.05, 4.69) is 4.99 Å². The molecule has 2 aromatic carbocycles. The third-order valence-corrected chi connectivity index (χ3v) is 6.11. The highest BCUT2D eigenvalue weighted by atomic mass is 32.2. The van der Waals surface area contributed by atoms with Gasteiger partial charge >= 0.3 is 6.03 Å². The molecule has 0 aromatic heterocycles. The van der Waals surface area contributed by atoms with Crippen LogP contribution in [0.4, 0.5) is 4.79 Å². The Hall–Kier alpha value is -2.93. The molecular formula is C19H17N3O3S. The Morgan fingerprint density at radius 1 is 0.962 bits per heavy atom. The van der Waals surface area contributed by atoms with E-state index in [-0.39, 0.29) is 21.7 Å². The number of urea groups is 1. The van der Waals surface area contributed by atoms with Crippen molar-refractivity contribution >= 4 is 21.7 Å². The first-order chi connectivity index (χ1) is 12.6. The van der Waals surface area contributed by atoms with E-state index in [1.54, 1.807) is 30.3 Å². The highest BCUT2D eigenvalue weighted by Crippen LogP contribution is 2.29. The molecule has 26 heavy (non-hydrogen) atoms. The zero-order valence-electron chi connectivity index (χ0n) is 13.9. The van der Waals surface area contributed by atoms with Gasteiger partial charge in [-0.1, -0.05) is 48.5 Å². The van der Waals surface area contributed by atoms with E-state index in [0.717, 1.165) is 5.56 Å². The van der Waals surface area contributed by atoms with Crippen molar-refractivity contribution in [3.63, 3.8) is 0 Å². The van der Waals surface area contributed by atoms with Crippen LogP contribution in [0, 0.1) is 0 Å². The van der Waals surface area contributed by atoms with Crippen LogP contribution in [0.1, 0.15) is 5.56 Å². The van der Waals surface area contributed by atoms with Crippen molar-refractivity contribution in [2.45, 2.75) is 11.4 Å². The van der Waals surface area contributed by atoms with Crippen LogP contribution in [-0.4, -0.2) is 43.2 Å². The summed E-state index contributed by atoms with van der Waals surface area (Å²) in [6, 6.07) is 17.4. The van der Waals surface area contributed by atoms with Gasteiger partial charge in [0.25, 0.3) is 0 Å². The molecule has 0 atom stereocenters. The van der Waals surface area contributed by atoms with E-state index in [9.17, 15) is 13.2 Å². The van der Waals surface area contributed by atoms with Crippen LogP contribution in [-0.2, 0) is 16.4 Å². The fourth-order valence-corrected chi connectivity index (χ4v) is 4.51. The minimum absolute atomic E-state index is 0.0664. The molecule has 0 bridgehead atoms. The first-order valence-corrected chi connectivity index (χ1v) is 9.74. The van der Waals surface area contributed by atoms with Gasteiger partial charge in [-0.25, -0.2) is 13.2 Å². The Morgan fingerprint density at radius 3 is 2.31 bits per heavy atom. The number of carbonyl (C=O) groups is 1. The summed E-state index contributed by atoms with van der Waals surface area (Å²) in [6.45, 7) is 1.10. The van der Waals surface area contributed by atoms with Gasteiger partial charge in [-0.15, -0.1) is 0 Å². The zero-order chi connectivity index (χ0) is 18.1. The van der Waals surface area contributed by atoms with E-state index >= 15 is 0 Å². The number of fused-ring (bicyclic) bond motifs is 1. The number of rotatable bonds is 4. The molecule has 0 radical (unpaired) electrons. The largest absolute Gasteiger partial charge is 0.330 e. The van der Waals surface area contributed by atoms with Gasteiger partial charge in [0.05, 0.1) is 18.0 Å². The van der Waals surface area contributed by atoms with Crippen molar-refractivity contribution in [2.75, 3.05) is 13.1 Å². The maximum absolute atomic E-state index is 13.1. The Balaban J connectivity index is 1.78. The third kappa shape index (κ3) is 2.80. The Labute approximate surface area is 152 Å². The molecule has 0 fully saturated rings. The zero-order valence-corrected chi connectivity index (χ0v) is 14.8. The van der Waals surface area contributed by atoms with Crippen LogP contribution >= 0.6 is 0 Å². The van der Waals surface area contributed by atoms with Gasteiger partial charge in [0, 0.05) is 12.7 Å². The monoisotopic (exact) mass is 367 g/mol. The van der Waals surface area contributed by atoms with Crippen molar-refractivity contribution < 1.29 is 13.2 Å². The summed E-state index contributed by atoms with van der Waals surface area (Å²) in [6.07, 6.45) is 1.42. The normalized spacial score (nSPS) is 17.0. The van der Waals surface area contributed by atoms with Crippen molar-refractivity contribution in [1.29, 1.82) is 0 Å². The molecule has 2 amide bonds. The molecule has 0 saturated heterocycles. The number of amidine groups is 1. The van der Waals surface area contributed by atoms with E-state index in [1.807, 2.05) is 30.3 Å². The lowest BCUT2D eigenvalue weighted by Gasteiger charge is -2.32. The Bertz CT molecular complexity index is 999. The number of hydrogen-bond donors (Lipinski definition) is 0. The Kier molecular flexibility index (Phi) is 4.08. The molecule has 0 N–H and O–H groups in total. The van der Waals surface area contributed by atoms with Crippen molar-refractivity contribution in [2.24, 2.45) is 4.99 Å². The van der Waals surface area contributed by atoms with E-state index < -0.39 is 9.84 Å². The summed E-state index contributed by atoms with van der Waals surface area (Å²) in [4.78, 5) is 20.2. The van der Waals surface area contributed by atoms with Crippen LogP contribution in [0.2, 0.25) is 0 Å². The molecule has 2 aliphatic heterocycles. The second-order valence-electron chi connectivity index (χ2n) is 6.06. The number of amides is 2. The van der Waals surface area contributed by atoms with Crippen LogP contribution in [0.3, 0.4) is 0 Å². The van der Waals surface area contributed by atoms with Crippen LogP contribution in [0.15, 0.2) is 81.7 Å². The molecule has 7 heteroatoms. The molecule has 132 valence electrons. The van der Waals surface area contributed by atoms with Crippen LogP contribution < -0.4 is 0 Å². The SMILES string of the molecule is O=C1N(Cc2ccccc2)C=C(S(=O)(=O)c2ccccc2)C2=NCCN12. The van der Waals surface area contributed by atoms with Gasteiger partial charge in [-0.2, -0.15) is 0 Å². The lowest BCUT2D eigenvalue weighted by atomic mass is 10.2. The second-order valence-corrected chi connectivity index (χ2v) is 7.98. The number of benzene rings is 2. The highest BCUT2D eigenvalue weighted by molar-refractivity contribution is 7.96. The number of carbonyl (C=O) groups excluding carboxylic acids is 1. The molecule has 0 aliphatic carbocycles. The minimum Gasteiger partial charge on any atom is -0.295 e. The van der Waals surface area contributed by atoms with Gasteiger partial charge in [0.1, 0.15) is 4.91 Å². The predicted octanol–water partition coefficient (Wildman–Crippen LogP) is 2.65. The standard InChI is InChI=1S/C19H17N3O3S/c23-19-21(13-15-7-3-1-4-8-15)14-17(18-20-11-12-22(18)19)26(24,25)16-9-5-2-6-10-16/h1-10,14H,11-13H2. The molecule has 2 heterocycles. The molecular weight excluding hydrogens is 350 g/mol. The summed E-state index contributed by atoms with van der Waals surface area (Å²) in [7, 11) is -3.77. The lowest BCUT2D eigenvalue weighted by Crippen LogP contribution is -2.48. The van der Waals surface area contributed by atoms with Crippen molar-refractivity contribution in [1.82, 2.24) is 9.80 Å². The smallest absolute Gasteiger partial charge is 0.295 e. The summed E-state index contributed by atoms with van der Waals surface area (Å²) < 4.78 is 26.2. The summed E-state index contributed by atoms with van der Waals surface area (Å²) >= 11 is 0. The van der Waals surface area contributed by atoms with Crippen molar-refractivity contribution in [3.8, 4) is 0 Å². The average Bonchev–Trinajstić information content (AvgIpc) is 3.15. The van der Waals surface area contributed by atoms with Gasteiger partial charge < -0.3 is 0 Å². The molecule has 0 saturated carbocycles. The number of hydrogen-bond acceptors (Lipinski definition) is 4. The number of nitrogens with zero attached hydrogens (tertiary/aromatic N) is 3. The number of aliphatic imine (C=N–C) groups is 1. The summed E-state index contributed by atoms with van der Waals surface area (Å²) in [5, 5.41) is 0. The van der Waals surface area contributed by atoms with Crippen LogP contribution in [0.25, 0.3) is 0 Å². The van der Waals surface area contributed by atoms with E-state index in [4.69, 9.17) is 0 Å². The van der Waals surface area contributed by atoms with Gasteiger partial charge in [0.15, 0.2) is 5.84 Å². The third-order valence-electron chi connectivity index (χ3n) is 4.35.